The lowest BCUT2D eigenvalue weighted by molar-refractivity contribution is -0.135. The maximum absolute atomic E-state index is 15.1. The number of carbonyl (C=O) groups excluding carboxylic acids is 4. The summed E-state index contributed by atoms with van der Waals surface area (Å²) in [6, 6.07) is 26.5. The summed E-state index contributed by atoms with van der Waals surface area (Å²) in [5.74, 6) is -7.53. The van der Waals surface area contributed by atoms with Crippen molar-refractivity contribution in [3.05, 3.63) is 137 Å². The topological polar surface area (TPSA) is 159 Å². The number of benzene rings is 4. The van der Waals surface area contributed by atoms with Gasteiger partial charge in [0, 0.05) is 23.5 Å². The third-order valence-corrected chi connectivity index (χ3v) is 11.4. The van der Waals surface area contributed by atoms with Crippen LogP contribution in [-0.4, -0.2) is 51.8 Å². The van der Waals surface area contributed by atoms with E-state index < -0.39 is 58.5 Å². The Morgan fingerprint density at radius 3 is 2.21 bits per heavy atom. The first-order valence-corrected chi connectivity index (χ1v) is 17.0. The van der Waals surface area contributed by atoms with Gasteiger partial charge in [-0.15, -0.1) is 0 Å². The van der Waals surface area contributed by atoms with Crippen molar-refractivity contribution in [3.63, 3.8) is 0 Å². The number of carboxylic acids is 1. The smallest absolute Gasteiger partial charge is 0.339 e. The Morgan fingerprint density at radius 1 is 0.827 bits per heavy atom. The number of ketones is 2. The summed E-state index contributed by atoms with van der Waals surface area (Å²) in [6.45, 7) is 0. The number of fused-ring (bicyclic) bond motifs is 4. The number of rotatable bonds is 6. The lowest BCUT2D eigenvalue weighted by Crippen LogP contribution is -2.58. The van der Waals surface area contributed by atoms with Gasteiger partial charge in [0.1, 0.15) is 11.3 Å². The summed E-state index contributed by atoms with van der Waals surface area (Å²) in [5, 5.41) is 30.5. The number of amides is 2. The van der Waals surface area contributed by atoms with E-state index in [1.165, 1.54) is 25.3 Å². The van der Waals surface area contributed by atoms with Crippen molar-refractivity contribution in [2.45, 2.75) is 24.2 Å². The second kappa shape index (κ2) is 12.2. The fraction of sp³-hybridized carbons (Fsp3) is 0.214. The van der Waals surface area contributed by atoms with Crippen molar-refractivity contribution < 1.29 is 44.0 Å². The molecular weight excluding hydrogens is 662 g/mol. The molecule has 1 heterocycles. The number of ether oxygens (including phenoxy) is 1. The van der Waals surface area contributed by atoms with Crippen LogP contribution in [0.25, 0.3) is 5.57 Å². The van der Waals surface area contributed by atoms with Crippen LogP contribution >= 0.6 is 0 Å². The molecule has 52 heavy (non-hydrogen) atoms. The van der Waals surface area contributed by atoms with Gasteiger partial charge in [0.25, 0.3) is 0 Å². The van der Waals surface area contributed by atoms with Gasteiger partial charge in [0.05, 0.1) is 30.0 Å². The highest BCUT2D eigenvalue weighted by molar-refractivity contribution is 6.32. The molecule has 0 unspecified atom stereocenters. The van der Waals surface area contributed by atoms with Gasteiger partial charge in [-0.2, -0.15) is 0 Å². The van der Waals surface area contributed by atoms with Crippen molar-refractivity contribution >= 4 is 40.6 Å². The predicted molar refractivity (Wildman–Crippen MR) is 189 cm³/mol. The number of imide groups is 1. The summed E-state index contributed by atoms with van der Waals surface area (Å²) in [5.41, 5.74) is 1.05. The standard InChI is InChI=1S/C42H33NO9/c1-52-34-18-23(12-17-32(34)44)37-26-15-16-28-36(40(49)43(39(28)48)25-13-14-27(41(50)51)33(45)19-25)30(26)20-31-38(47)29(22-8-4-2-5-9-22)21-35(46)42(31,37)24-10-6-3-7-11-24/h2-15,17-19,21,28,30-31,36-37,44-45H,16,20H2,1H3,(H,50,51)/t28-,30+,31-,36-,37-,42-/m0/s1. The van der Waals surface area contributed by atoms with Gasteiger partial charge < -0.3 is 20.1 Å². The largest absolute Gasteiger partial charge is 0.507 e. The third kappa shape index (κ3) is 4.67. The first-order valence-electron chi connectivity index (χ1n) is 17.0. The molecule has 1 aliphatic heterocycles. The van der Waals surface area contributed by atoms with Crippen LogP contribution in [0.5, 0.6) is 17.2 Å². The van der Waals surface area contributed by atoms with Crippen molar-refractivity contribution in [2.24, 2.45) is 23.7 Å². The molecule has 0 spiro atoms. The Balaban J connectivity index is 1.34. The van der Waals surface area contributed by atoms with Crippen LogP contribution in [0.2, 0.25) is 0 Å². The van der Waals surface area contributed by atoms with Crippen LogP contribution in [0.1, 0.15) is 45.8 Å². The van der Waals surface area contributed by atoms with Gasteiger partial charge in [0.2, 0.25) is 11.8 Å². The minimum absolute atomic E-state index is 0.0425. The van der Waals surface area contributed by atoms with Gasteiger partial charge in [-0.05, 0) is 65.8 Å². The molecule has 0 aromatic heterocycles. The quantitative estimate of drug-likeness (QED) is 0.167. The maximum atomic E-state index is 15.1. The number of aromatic hydroxyl groups is 2. The summed E-state index contributed by atoms with van der Waals surface area (Å²) >= 11 is 0. The molecule has 2 fully saturated rings. The SMILES string of the molecule is COc1cc([C@H]2C3=CC[C@@H]4C(=O)N(c5ccc(C(=O)O)c(O)c5)C(=O)[C@@H]4[C@@H]3C[C@H]3C(=O)C(c4ccccc4)=CC(=O)[C@@]23c2ccccc2)ccc1O. The van der Waals surface area contributed by atoms with Gasteiger partial charge in [-0.1, -0.05) is 78.4 Å². The van der Waals surface area contributed by atoms with Gasteiger partial charge in [-0.25, -0.2) is 9.69 Å². The Kier molecular flexibility index (Phi) is 7.71. The number of nitrogens with zero attached hydrogens (tertiary/aromatic N) is 1. The van der Waals surface area contributed by atoms with E-state index >= 15 is 9.59 Å². The second-order valence-corrected chi connectivity index (χ2v) is 13.7. The summed E-state index contributed by atoms with van der Waals surface area (Å²) in [6.07, 6.45) is 3.63. The molecule has 4 aromatic rings. The van der Waals surface area contributed by atoms with E-state index in [-0.39, 0.29) is 52.7 Å². The number of phenols is 2. The third-order valence-electron chi connectivity index (χ3n) is 11.4. The van der Waals surface area contributed by atoms with Crippen LogP contribution < -0.4 is 9.64 Å². The molecule has 3 N–H and O–H groups in total. The Morgan fingerprint density at radius 2 is 1.54 bits per heavy atom. The normalized spacial score (nSPS) is 26.6. The zero-order valence-electron chi connectivity index (χ0n) is 27.9. The van der Waals surface area contributed by atoms with E-state index in [1.54, 1.807) is 36.4 Å². The van der Waals surface area contributed by atoms with Crippen LogP contribution in [0.4, 0.5) is 5.69 Å². The Labute approximate surface area is 298 Å². The second-order valence-electron chi connectivity index (χ2n) is 13.7. The molecule has 4 aliphatic rings. The monoisotopic (exact) mass is 695 g/mol. The molecule has 6 atom stereocenters. The molecule has 4 aromatic carbocycles. The van der Waals surface area contributed by atoms with E-state index in [4.69, 9.17) is 4.74 Å². The maximum Gasteiger partial charge on any atom is 0.339 e. The molecule has 10 nitrogen and oxygen atoms in total. The molecule has 0 bridgehead atoms. The molecule has 3 aliphatic carbocycles. The number of Topliss-reactive ketones (excluding diaryl/α,β-unsaturated/α-hetero) is 1. The number of hydrogen-bond donors (Lipinski definition) is 3. The molecule has 10 heteroatoms. The number of carboxylic acid groups (broad SMARTS) is 1. The number of allylic oxidation sites excluding steroid dienone is 4. The summed E-state index contributed by atoms with van der Waals surface area (Å²) in [4.78, 5) is 71.3. The number of phenolic OH excluding ortho intramolecular Hbond substituents is 1. The fourth-order valence-corrected chi connectivity index (χ4v) is 9.22. The fourth-order valence-electron chi connectivity index (χ4n) is 9.22. The lowest BCUT2D eigenvalue weighted by Gasteiger charge is -2.55. The molecule has 260 valence electrons. The van der Waals surface area contributed by atoms with Crippen LogP contribution in [0.15, 0.2) is 115 Å². The van der Waals surface area contributed by atoms with E-state index in [9.17, 15) is 29.7 Å². The van der Waals surface area contributed by atoms with Crippen molar-refractivity contribution in [1.82, 2.24) is 0 Å². The zero-order valence-corrected chi connectivity index (χ0v) is 27.9. The predicted octanol–water partition coefficient (Wildman–Crippen LogP) is 5.83. The molecule has 0 radical (unpaired) electrons. The van der Waals surface area contributed by atoms with Crippen molar-refractivity contribution in [2.75, 3.05) is 12.0 Å². The summed E-state index contributed by atoms with van der Waals surface area (Å²) in [7, 11) is 1.42. The van der Waals surface area contributed by atoms with Crippen molar-refractivity contribution in [1.29, 1.82) is 0 Å². The average Bonchev–Trinajstić information content (AvgIpc) is 3.41. The molecule has 2 amide bonds. The zero-order chi connectivity index (χ0) is 36.5. The molecule has 8 rings (SSSR count). The molecule has 1 saturated carbocycles. The summed E-state index contributed by atoms with van der Waals surface area (Å²) < 4.78 is 5.51. The van der Waals surface area contributed by atoms with Gasteiger partial charge in [0.15, 0.2) is 23.1 Å². The first kappa shape index (κ1) is 32.9. The van der Waals surface area contributed by atoms with Crippen LogP contribution in [0, 0.1) is 23.7 Å². The number of aromatic carboxylic acids is 1. The number of anilines is 1. The van der Waals surface area contributed by atoms with Gasteiger partial charge in [-0.3, -0.25) is 19.2 Å². The van der Waals surface area contributed by atoms with E-state index in [2.05, 4.69) is 0 Å². The van der Waals surface area contributed by atoms with Gasteiger partial charge >= 0.3 is 5.97 Å². The Hall–Kier alpha value is -6.29. The average molecular weight is 696 g/mol. The molecule has 1 saturated heterocycles. The highest BCUT2D eigenvalue weighted by Gasteiger charge is 2.66. The van der Waals surface area contributed by atoms with Crippen LogP contribution in [0.3, 0.4) is 0 Å². The van der Waals surface area contributed by atoms with Crippen molar-refractivity contribution in [3.8, 4) is 17.2 Å². The Bertz CT molecular complexity index is 2260. The van der Waals surface area contributed by atoms with Crippen LogP contribution in [-0.2, 0) is 24.6 Å². The minimum atomic E-state index is -1.45. The minimum Gasteiger partial charge on any atom is -0.507 e. The lowest BCUT2D eigenvalue weighted by atomic mass is 9.44. The van der Waals surface area contributed by atoms with E-state index in [0.717, 1.165) is 22.6 Å². The van der Waals surface area contributed by atoms with E-state index in [0.29, 0.717) is 16.7 Å². The number of carbonyl (C=O) groups is 5. The highest BCUT2D eigenvalue weighted by Crippen LogP contribution is 2.64. The van der Waals surface area contributed by atoms with E-state index in [1.807, 2.05) is 42.5 Å². The first-order chi connectivity index (χ1) is 25.1. The number of methoxy groups -OCH3 is 1. The number of hydrogen-bond acceptors (Lipinski definition) is 8. The molecular formula is C42H33NO9. The highest BCUT2D eigenvalue weighted by atomic mass is 16.5.